The quantitative estimate of drug-likeness (QED) is 0.651. The number of hydrogen-bond donors (Lipinski definition) is 1. The number of hydrogen-bond acceptors (Lipinski definition) is 4. The van der Waals surface area contributed by atoms with Gasteiger partial charge in [0.15, 0.2) is 5.69 Å². The summed E-state index contributed by atoms with van der Waals surface area (Å²) in [6.07, 6.45) is 0.939. The van der Waals surface area contributed by atoms with Crippen LogP contribution in [0.3, 0.4) is 0 Å². The fourth-order valence-corrected chi connectivity index (χ4v) is 4.17. The first-order chi connectivity index (χ1) is 13.2. The maximum atomic E-state index is 13.2. The largest absolute Gasteiger partial charge is 0.477 e. The minimum absolute atomic E-state index is 0.0149. The van der Waals surface area contributed by atoms with Crippen LogP contribution in [0.1, 0.15) is 16.1 Å². The number of aromatic carboxylic acids is 1. The molecule has 1 N–H and O–H groups in total. The molecule has 6 nitrogen and oxygen atoms in total. The van der Waals surface area contributed by atoms with E-state index in [1.54, 1.807) is 0 Å². The number of benzene rings is 2. The van der Waals surface area contributed by atoms with Crippen molar-refractivity contribution in [3.05, 3.63) is 76.6 Å². The number of halogens is 3. The zero-order valence-corrected chi connectivity index (χ0v) is 15.7. The van der Waals surface area contributed by atoms with Crippen molar-refractivity contribution in [2.45, 2.75) is 11.6 Å². The molecule has 0 saturated heterocycles. The van der Waals surface area contributed by atoms with Gasteiger partial charge in [0, 0.05) is 5.69 Å². The summed E-state index contributed by atoms with van der Waals surface area (Å²) in [6, 6.07) is 8.53. The number of imidazole rings is 1. The van der Waals surface area contributed by atoms with E-state index in [1.807, 2.05) is 0 Å². The Kier molecular flexibility index (Phi) is 5.48. The molecule has 1 aromatic heterocycles. The summed E-state index contributed by atoms with van der Waals surface area (Å²) in [5, 5.41) is 8.73. The van der Waals surface area contributed by atoms with Gasteiger partial charge in [-0.3, -0.25) is 4.57 Å². The Morgan fingerprint density at radius 2 is 1.82 bits per heavy atom. The second-order valence-corrected chi connectivity index (χ2v) is 8.27. The molecule has 0 unspecified atom stereocenters. The topological polar surface area (TPSA) is 89.3 Å². The molecule has 1 heterocycles. The molecule has 3 rings (SSSR count). The van der Waals surface area contributed by atoms with E-state index in [0.717, 1.165) is 29.0 Å². The maximum absolute atomic E-state index is 13.2. The van der Waals surface area contributed by atoms with Crippen molar-refractivity contribution in [2.75, 3.05) is 5.75 Å². The van der Waals surface area contributed by atoms with E-state index >= 15 is 0 Å². The van der Waals surface area contributed by atoms with Gasteiger partial charge < -0.3 is 5.11 Å². The monoisotopic (exact) mass is 426 g/mol. The summed E-state index contributed by atoms with van der Waals surface area (Å²) in [5.41, 5.74) is 0.253. The molecular weight excluding hydrogens is 414 g/mol. The number of carboxylic acid groups (broad SMARTS) is 1. The van der Waals surface area contributed by atoms with Crippen LogP contribution in [0.5, 0.6) is 0 Å². The van der Waals surface area contributed by atoms with Crippen LogP contribution in [0, 0.1) is 11.6 Å². The molecule has 0 radical (unpaired) electrons. The summed E-state index contributed by atoms with van der Waals surface area (Å²) in [5.74, 6) is -2.97. The number of carbonyl (C=O) groups is 1. The number of nitrogens with zero attached hydrogens (tertiary/aromatic N) is 2. The molecule has 10 heteroatoms. The Morgan fingerprint density at radius 3 is 2.43 bits per heavy atom. The molecule has 0 fully saturated rings. The molecular formula is C18H13ClF2N2O4S. The van der Waals surface area contributed by atoms with Gasteiger partial charge in [0.2, 0.25) is 15.0 Å². The fraction of sp³-hybridized carbons (Fsp3) is 0.111. The second-order valence-electron chi connectivity index (χ2n) is 5.86. The number of aromatic nitrogens is 2. The van der Waals surface area contributed by atoms with Gasteiger partial charge in [-0.25, -0.2) is 27.0 Å². The lowest BCUT2D eigenvalue weighted by Gasteiger charge is -2.11. The fourth-order valence-electron chi connectivity index (χ4n) is 2.58. The minimum atomic E-state index is -4.03. The van der Waals surface area contributed by atoms with Crippen LogP contribution in [0.2, 0.25) is 5.02 Å². The van der Waals surface area contributed by atoms with Crippen LogP contribution in [0.4, 0.5) is 8.78 Å². The van der Waals surface area contributed by atoms with Gasteiger partial charge in [-0.2, -0.15) is 0 Å². The van der Waals surface area contributed by atoms with E-state index in [1.165, 1.54) is 24.3 Å². The molecule has 0 atom stereocenters. The predicted octanol–water partition coefficient (Wildman–Crippen LogP) is 3.52. The van der Waals surface area contributed by atoms with E-state index in [2.05, 4.69) is 4.98 Å². The van der Waals surface area contributed by atoms with Crippen molar-refractivity contribution in [2.24, 2.45) is 0 Å². The van der Waals surface area contributed by atoms with E-state index in [4.69, 9.17) is 11.6 Å². The number of sulfone groups is 1. The number of rotatable bonds is 6. The first-order valence-corrected chi connectivity index (χ1v) is 9.96. The van der Waals surface area contributed by atoms with Gasteiger partial charge in [0.25, 0.3) is 0 Å². The first kappa shape index (κ1) is 20.0. The van der Waals surface area contributed by atoms with Crippen molar-refractivity contribution in [1.82, 2.24) is 9.55 Å². The summed E-state index contributed by atoms with van der Waals surface area (Å²) >= 11 is 5.70. The maximum Gasteiger partial charge on any atom is 0.354 e. The molecule has 28 heavy (non-hydrogen) atoms. The molecule has 0 aliphatic rings. The second kappa shape index (κ2) is 7.69. The molecule has 0 aliphatic carbocycles. The van der Waals surface area contributed by atoms with Gasteiger partial charge in [-0.05, 0) is 48.4 Å². The average Bonchev–Trinajstić information content (AvgIpc) is 3.10. The zero-order valence-electron chi connectivity index (χ0n) is 14.1. The minimum Gasteiger partial charge on any atom is -0.477 e. The lowest BCUT2D eigenvalue weighted by atomic mass is 10.2. The lowest BCUT2D eigenvalue weighted by Crippen LogP contribution is -2.17. The van der Waals surface area contributed by atoms with Crippen molar-refractivity contribution in [3.63, 3.8) is 0 Å². The zero-order chi connectivity index (χ0) is 20.5. The molecule has 3 aromatic rings. The van der Waals surface area contributed by atoms with Crippen LogP contribution < -0.4 is 0 Å². The van der Waals surface area contributed by atoms with Crippen molar-refractivity contribution in [1.29, 1.82) is 0 Å². The number of aryl methyl sites for hydroxylation is 1. The highest BCUT2D eigenvalue weighted by molar-refractivity contribution is 7.91. The Labute approximate surface area is 163 Å². The third-order valence-electron chi connectivity index (χ3n) is 3.96. The Balaban J connectivity index is 1.98. The highest BCUT2D eigenvalue weighted by atomic mass is 35.5. The Hall–Kier alpha value is -2.78. The van der Waals surface area contributed by atoms with E-state index in [0.29, 0.717) is 5.56 Å². The summed E-state index contributed by atoms with van der Waals surface area (Å²) in [6.45, 7) is 0. The van der Waals surface area contributed by atoms with Gasteiger partial charge in [-0.1, -0.05) is 17.7 Å². The molecule has 146 valence electrons. The Bertz CT molecular complexity index is 1140. The highest BCUT2D eigenvalue weighted by Gasteiger charge is 2.26. The molecule has 0 aliphatic heterocycles. The van der Waals surface area contributed by atoms with Crippen LogP contribution in [0.25, 0.3) is 5.69 Å². The van der Waals surface area contributed by atoms with Gasteiger partial charge in [0.05, 0.1) is 17.0 Å². The third-order valence-corrected chi connectivity index (χ3v) is 5.83. The molecule has 0 amide bonds. The van der Waals surface area contributed by atoms with Gasteiger partial charge >= 0.3 is 5.97 Å². The third kappa shape index (κ3) is 4.05. The van der Waals surface area contributed by atoms with E-state index in [-0.39, 0.29) is 22.8 Å². The smallest absolute Gasteiger partial charge is 0.354 e. The van der Waals surface area contributed by atoms with Gasteiger partial charge in [0.1, 0.15) is 11.6 Å². The van der Waals surface area contributed by atoms with Crippen LogP contribution in [-0.4, -0.2) is 34.8 Å². The first-order valence-electron chi connectivity index (χ1n) is 7.93. The lowest BCUT2D eigenvalue weighted by molar-refractivity contribution is 0.0687. The summed E-state index contributed by atoms with van der Waals surface area (Å²) in [7, 11) is -4.03. The van der Waals surface area contributed by atoms with Crippen LogP contribution in [-0.2, 0) is 16.3 Å². The SMILES string of the molecule is O=C(O)c1cnc(S(=O)(=O)CCc2ccc(F)c(Cl)c2)n1-c1ccc(F)cc1. The van der Waals surface area contributed by atoms with E-state index in [9.17, 15) is 27.1 Å². The molecule has 0 spiro atoms. The average molecular weight is 427 g/mol. The van der Waals surface area contributed by atoms with Gasteiger partial charge in [-0.15, -0.1) is 0 Å². The normalized spacial score (nSPS) is 11.5. The Morgan fingerprint density at radius 1 is 1.14 bits per heavy atom. The standard InChI is InChI=1S/C18H13ClF2N2O4S/c19-14-9-11(1-6-15(14)21)7-8-28(26,27)18-22-10-16(17(24)25)23(18)13-4-2-12(20)3-5-13/h1-6,9-10H,7-8H2,(H,24,25). The van der Waals surface area contributed by atoms with Crippen molar-refractivity contribution in [3.8, 4) is 5.69 Å². The summed E-state index contributed by atoms with van der Waals surface area (Å²) < 4.78 is 53.0. The van der Waals surface area contributed by atoms with Crippen LogP contribution in [0.15, 0.2) is 53.8 Å². The van der Waals surface area contributed by atoms with Crippen LogP contribution >= 0.6 is 11.6 Å². The highest BCUT2D eigenvalue weighted by Crippen LogP contribution is 2.22. The predicted molar refractivity (Wildman–Crippen MR) is 97.6 cm³/mol. The van der Waals surface area contributed by atoms with Crippen molar-refractivity contribution >= 4 is 27.4 Å². The molecule has 2 aromatic carbocycles. The molecule has 0 saturated carbocycles. The van der Waals surface area contributed by atoms with Crippen molar-refractivity contribution < 1.29 is 27.1 Å². The summed E-state index contributed by atoms with van der Waals surface area (Å²) in [4.78, 5) is 15.2. The number of carboxylic acids is 1. The molecule has 0 bridgehead atoms. The van der Waals surface area contributed by atoms with E-state index < -0.39 is 38.4 Å².